The molecule has 0 aliphatic carbocycles. The molecule has 2 aromatic rings. The molecule has 0 fully saturated rings. The number of aromatic nitrogens is 1. The van der Waals surface area contributed by atoms with Crippen molar-refractivity contribution in [3.05, 3.63) is 35.9 Å². The summed E-state index contributed by atoms with van der Waals surface area (Å²) >= 11 is 0. The molecule has 0 spiro atoms. The van der Waals surface area contributed by atoms with Gasteiger partial charge in [0.2, 0.25) is 0 Å². The maximum absolute atomic E-state index is 5.64. The molecule has 102 valence electrons. The van der Waals surface area contributed by atoms with Gasteiger partial charge < -0.3 is 11.1 Å². The van der Waals surface area contributed by atoms with E-state index in [1.54, 1.807) is 0 Å². The van der Waals surface area contributed by atoms with Crippen LogP contribution < -0.4 is 11.1 Å². The summed E-state index contributed by atoms with van der Waals surface area (Å²) in [5, 5.41) is 4.65. The number of benzene rings is 1. The smallest absolute Gasteiger partial charge is 0.129 e. The van der Waals surface area contributed by atoms with E-state index < -0.39 is 0 Å². The van der Waals surface area contributed by atoms with Crippen LogP contribution in [0.1, 0.15) is 25.8 Å². The zero-order valence-electron chi connectivity index (χ0n) is 12.0. The summed E-state index contributed by atoms with van der Waals surface area (Å²) in [6.07, 6.45) is 1.01. The number of nitrogens with one attached hydrogen (secondary N) is 1. The molecule has 0 bridgehead atoms. The van der Waals surface area contributed by atoms with E-state index in [2.05, 4.69) is 38.2 Å². The third-order valence-electron chi connectivity index (χ3n) is 3.47. The van der Waals surface area contributed by atoms with Gasteiger partial charge in [-0.3, -0.25) is 0 Å². The van der Waals surface area contributed by atoms with Crippen molar-refractivity contribution in [3.63, 3.8) is 0 Å². The number of hydrogen-bond acceptors (Lipinski definition) is 3. The van der Waals surface area contributed by atoms with Crippen LogP contribution in [0.2, 0.25) is 0 Å². The fourth-order valence-corrected chi connectivity index (χ4v) is 2.20. The first-order chi connectivity index (χ1) is 9.02. The van der Waals surface area contributed by atoms with Gasteiger partial charge in [-0.2, -0.15) is 0 Å². The summed E-state index contributed by atoms with van der Waals surface area (Å²) in [5.41, 5.74) is 8.05. The van der Waals surface area contributed by atoms with Crippen molar-refractivity contribution in [3.8, 4) is 0 Å². The Morgan fingerprint density at radius 3 is 2.74 bits per heavy atom. The summed E-state index contributed by atoms with van der Waals surface area (Å²) in [6.45, 7) is 8.15. The van der Waals surface area contributed by atoms with Crippen LogP contribution in [0.4, 0.5) is 5.82 Å². The molecule has 3 nitrogen and oxygen atoms in total. The van der Waals surface area contributed by atoms with Crippen molar-refractivity contribution in [2.45, 2.75) is 27.2 Å². The lowest BCUT2D eigenvalue weighted by Gasteiger charge is -2.25. The quantitative estimate of drug-likeness (QED) is 0.863. The lowest BCUT2D eigenvalue weighted by molar-refractivity contribution is 0.365. The maximum Gasteiger partial charge on any atom is 0.129 e. The molecule has 1 aromatic heterocycles. The number of fused-ring (bicyclic) bond motifs is 1. The first-order valence-electron chi connectivity index (χ1n) is 6.82. The standard InChI is InChI=1S/C16H23N3/c1-12-10-13-6-4-5-7-14(13)19-15(12)18-11-16(2,3)8-9-17/h4-7,10H,8-9,11,17H2,1-3H3,(H,18,19). The number of aryl methyl sites for hydroxylation is 1. The predicted molar refractivity (Wildman–Crippen MR) is 82.4 cm³/mol. The van der Waals surface area contributed by atoms with Gasteiger partial charge in [0.15, 0.2) is 0 Å². The molecular weight excluding hydrogens is 234 g/mol. The van der Waals surface area contributed by atoms with Crippen molar-refractivity contribution in [2.75, 3.05) is 18.4 Å². The second-order valence-electron chi connectivity index (χ2n) is 5.90. The molecule has 3 N–H and O–H groups in total. The molecule has 2 rings (SSSR count). The zero-order chi connectivity index (χ0) is 13.9. The lowest BCUT2D eigenvalue weighted by Crippen LogP contribution is -2.26. The van der Waals surface area contributed by atoms with Crippen LogP contribution >= 0.6 is 0 Å². The van der Waals surface area contributed by atoms with E-state index in [9.17, 15) is 0 Å². The van der Waals surface area contributed by atoms with Crippen molar-refractivity contribution in [1.82, 2.24) is 4.98 Å². The summed E-state index contributed by atoms with van der Waals surface area (Å²) < 4.78 is 0. The van der Waals surface area contributed by atoms with E-state index in [1.807, 2.05) is 18.2 Å². The number of hydrogen-bond donors (Lipinski definition) is 2. The molecule has 0 saturated carbocycles. The Morgan fingerprint density at radius 2 is 2.00 bits per heavy atom. The van der Waals surface area contributed by atoms with Gasteiger partial charge in [-0.05, 0) is 43.0 Å². The monoisotopic (exact) mass is 257 g/mol. The van der Waals surface area contributed by atoms with Gasteiger partial charge in [-0.15, -0.1) is 0 Å². The van der Waals surface area contributed by atoms with E-state index in [1.165, 1.54) is 10.9 Å². The highest BCUT2D eigenvalue weighted by molar-refractivity contribution is 5.81. The van der Waals surface area contributed by atoms with Crippen LogP contribution in [0.25, 0.3) is 10.9 Å². The minimum atomic E-state index is 0.189. The summed E-state index contributed by atoms with van der Waals surface area (Å²) in [7, 11) is 0. The van der Waals surface area contributed by atoms with Crippen molar-refractivity contribution < 1.29 is 0 Å². The Hall–Kier alpha value is -1.61. The predicted octanol–water partition coefficient (Wildman–Crippen LogP) is 3.33. The number of nitrogens with zero attached hydrogens (tertiary/aromatic N) is 1. The number of nitrogens with two attached hydrogens (primary N) is 1. The van der Waals surface area contributed by atoms with E-state index >= 15 is 0 Å². The Bertz CT molecular complexity index is 561. The minimum absolute atomic E-state index is 0.189. The summed E-state index contributed by atoms with van der Waals surface area (Å²) in [4.78, 5) is 4.70. The second-order valence-corrected chi connectivity index (χ2v) is 5.90. The average Bonchev–Trinajstić information content (AvgIpc) is 2.36. The first kappa shape index (κ1) is 13.8. The molecule has 0 unspecified atom stereocenters. The van der Waals surface area contributed by atoms with E-state index in [-0.39, 0.29) is 5.41 Å². The van der Waals surface area contributed by atoms with Crippen LogP contribution in [-0.4, -0.2) is 18.1 Å². The molecule has 0 atom stereocenters. The second kappa shape index (κ2) is 5.57. The third-order valence-corrected chi connectivity index (χ3v) is 3.47. The Balaban J connectivity index is 2.18. The van der Waals surface area contributed by atoms with Gasteiger partial charge in [-0.25, -0.2) is 4.98 Å². The fraction of sp³-hybridized carbons (Fsp3) is 0.438. The van der Waals surface area contributed by atoms with Crippen LogP contribution in [-0.2, 0) is 0 Å². The summed E-state index contributed by atoms with van der Waals surface area (Å²) in [5.74, 6) is 0.976. The Morgan fingerprint density at radius 1 is 1.26 bits per heavy atom. The lowest BCUT2D eigenvalue weighted by atomic mass is 9.89. The molecule has 3 heteroatoms. The number of pyridine rings is 1. The van der Waals surface area contributed by atoms with Gasteiger partial charge in [0, 0.05) is 11.9 Å². The van der Waals surface area contributed by atoms with Gasteiger partial charge in [0.05, 0.1) is 5.52 Å². The van der Waals surface area contributed by atoms with Crippen molar-refractivity contribution in [1.29, 1.82) is 0 Å². The molecule has 0 radical (unpaired) electrons. The van der Waals surface area contributed by atoms with E-state index in [0.717, 1.165) is 30.8 Å². The van der Waals surface area contributed by atoms with E-state index in [4.69, 9.17) is 10.7 Å². The minimum Gasteiger partial charge on any atom is -0.369 e. The highest BCUT2D eigenvalue weighted by Crippen LogP contribution is 2.23. The molecular formula is C16H23N3. The van der Waals surface area contributed by atoms with Gasteiger partial charge in [-0.1, -0.05) is 32.0 Å². The van der Waals surface area contributed by atoms with Crippen molar-refractivity contribution in [2.24, 2.45) is 11.1 Å². The van der Waals surface area contributed by atoms with Gasteiger partial charge in [0.1, 0.15) is 5.82 Å². The molecule has 0 amide bonds. The number of para-hydroxylation sites is 1. The van der Waals surface area contributed by atoms with Crippen LogP contribution in [0.15, 0.2) is 30.3 Å². The molecule has 0 aliphatic rings. The normalized spacial score (nSPS) is 11.8. The summed E-state index contributed by atoms with van der Waals surface area (Å²) in [6, 6.07) is 10.4. The van der Waals surface area contributed by atoms with E-state index in [0.29, 0.717) is 0 Å². The molecule has 1 aromatic carbocycles. The largest absolute Gasteiger partial charge is 0.369 e. The van der Waals surface area contributed by atoms with Gasteiger partial charge >= 0.3 is 0 Å². The Labute approximate surface area is 115 Å². The van der Waals surface area contributed by atoms with Crippen LogP contribution in [0.5, 0.6) is 0 Å². The highest BCUT2D eigenvalue weighted by Gasteiger charge is 2.17. The molecule has 0 aliphatic heterocycles. The van der Waals surface area contributed by atoms with Crippen LogP contribution in [0.3, 0.4) is 0 Å². The topological polar surface area (TPSA) is 50.9 Å². The fourth-order valence-electron chi connectivity index (χ4n) is 2.20. The highest BCUT2D eigenvalue weighted by atomic mass is 15.0. The molecule has 0 saturated heterocycles. The van der Waals surface area contributed by atoms with Crippen molar-refractivity contribution >= 4 is 16.7 Å². The average molecular weight is 257 g/mol. The Kier molecular flexibility index (Phi) is 4.05. The maximum atomic E-state index is 5.64. The molecule has 19 heavy (non-hydrogen) atoms. The van der Waals surface area contributed by atoms with Gasteiger partial charge in [0.25, 0.3) is 0 Å². The van der Waals surface area contributed by atoms with Crippen LogP contribution in [0, 0.1) is 12.3 Å². The molecule has 1 heterocycles. The first-order valence-corrected chi connectivity index (χ1v) is 6.82. The third kappa shape index (κ3) is 3.44. The zero-order valence-corrected chi connectivity index (χ0v) is 12.0. The number of anilines is 1. The SMILES string of the molecule is Cc1cc2ccccc2nc1NCC(C)(C)CCN. The number of rotatable bonds is 5.